The Kier molecular flexibility index (Phi) is 5.74. The van der Waals surface area contributed by atoms with E-state index in [1.807, 2.05) is 36.7 Å². The summed E-state index contributed by atoms with van der Waals surface area (Å²) in [5, 5.41) is 7.53. The minimum Gasteiger partial charge on any atom is -0.355 e. The smallest absolute Gasteiger partial charge is 0.221 e. The van der Waals surface area contributed by atoms with Gasteiger partial charge in [0, 0.05) is 30.6 Å². The number of carbonyl (C=O) groups excluding carboxylic acids is 1. The number of nitrogens with one attached hydrogen (secondary N) is 1. The number of hydrogen-bond acceptors (Lipinski definition) is 2. The highest BCUT2D eigenvalue weighted by Crippen LogP contribution is 2.39. The Balaban J connectivity index is 1.61. The third-order valence-corrected chi connectivity index (χ3v) is 5.55. The molecule has 1 N–H and O–H groups in total. The van der Waals surface area contributed by atoms with E-state index in [0.29, 0.717) is 19.5 Å². The van der Waals surface area contributed by atoms with Crippen molar-refractivity contribution in [3.05, 3.63) is 53.1 Å². The van der Waals surface area contributed by atoms with Crippen LogP contribution in [0.15, 0.2) is 30.3 Å². The Hall–Kier alpha value is -2.17. The van der Waals surface area contributed by atoms with Gasteiger partial charge in [-0.2, -0.15) is 5.10 Å². The Labute approximate surface area is 154 Å². The fraction of sp³-hybridized carbons (Fsp3) is 0.524. The zero-order chi connectivity index (χ0) is 18.6. The lowest BCUT2D eigenvalue weighted by Crippen LogP contribution is -2.42. The largest absolute Gasteiger partial charge is 0.355 e. The van der Waals surface area contributed by atoms with Crippen molar-refractivity contribution >= 4 is 5.91 Å². The normalized spacial score (nSPS) is 16.4. The number of nitrogens with zero attached hydrogens (tertiary/aromatic N) is 2. The molecule has 26 heavy (non-hydrogen) atoms. The van der Waals surface area contributed by atoms with Crippen molar-refractivity contribution in [2.45, 2.75) is 64.3 Å². The fourth-order valence-corrected chi connectivity index (χ4v) is 4.06. The Morgan fingerprint density at radius 3 is 2.50 bits per heavy atom. The predicted molar refractivity (Wildman–Crippen MR) is 100 cm³/mol. The molecule has 0 radical (unpaired) electrons. The van der Waals surface area contributed by atoms with Crippen molar-refractivity contribution in [2.75, 3.05) is 6.54 Å². The Bertz CT molecular complexity index is 745. The topological polar surface area (TPSA) is 46.9 Å². The summed E-state index contributed by atoms with van der Waals surface area (Å²) in [6.07, 6.45) is 6.03. The van der Waals surface area contributed by atoms with Crippen LogP contribution in [-0.4, -0.2) is 22.2 Å². The monoisotopic (exact) mass is 357 g/mol. The molecule has 1 aromatic carbocycles. The summed E-state index contributed by atoms with van der Waals surface area (Å²) >= 11 is 0. The van der Waals surface area contributed by atoms with Gasteiger partial charge in [-0.1, -0.05) is 31.4 Å². The molecule has 5 heteroatoms. The van der Waals surface area contributed by atoms with E-state index in [4.69, 9.17) is 0 Å². The van der Waals surface area contributed by atoms with Gasteiger partial charge in [-0.05, 0) is 50.5 Å². The molecule has 0 bridgehead atoms. The van der Waals surface area contributed by atoms with E-state index in [0.717, 1.165) is 42.6 Å². The van der Waals surface area contributed by atoms with Crippen LogP contribution in [0.2, 0.25) is 0 Å². The number of amides is 1. The highest BCUT2D eigenvalue weighted by molar-refractivity contribution is 5.76. The maximum absolute atomic E-state index is 13.3. The van der Waals surface area contributed by atoms with Crippen molar-refractivity contribution in [3.63, 3.8) is 0 Å². The summed E-state index contributed by atoms with van der Waals surface area (Å²) in [7, 11) is 0. The number of benzene rings is 1. The van der Waals surface area contributed by atoms with Gasteiger partial charge in [-0.3, -0.25) is 9.48 Å². The summed E-state index contributed by atoms with van der Waals surface area (Å²) in [4.78, 5) is 12.4. The summed E-state index contributed by atoms with van der Waals surface area (Å²) < 4.78 is 15.2. The number of hydrogen-bond donors (Lipinski definition) is 1. The predicted octanol–water partition coefficient (Wildman–Crippen LogP) is 4.05. The molecule has 140 valence electrons. The minimum atomic E-state index is -0.214. The summed E-state index contributed by atoms with van der Waals surface area (Å²) in [5.41, 5.74) is 3.11. The minimum absolute atomic E-state index is 0.0459. The van der Waals surface area contributed by atoms with Crippen LogP contribution in [0.25, 0.3) is 0 Å². The van der Waals surface area contributed by atoms with Gasteiger partial charge < -0.3 is 5.32 Å². The van der Waals surface area contributed by atoms with Gasteiger partial charge >= 0.3 is 0 Å². The lowest BCUT2D eigenvalue weighted by atomic mass is 9.69. The first-order valence-corrected chi connectivity index (χ1v) is 9.52. The molecule has 1 aliphatic carbocycles. The molecular weight excluding hydrogens is 329 g/mol. The van der Waals surface area contributed by atoms with Gasteiger partial charge in [-0.25, -0.2) is 4.39 Å². The molecular formula is C21H28FN3O. The van der Waals surface area contributed by atoms with Crippen molar-refractivity contribution < 1.29 is 9.18 Å². The molecule has 4 nitrogen and oxygen atoms in total. The van der Waals surface area contributed by atoms with Crippen LogP contribution in [-0.2, 0) is 16.8 Å². The first-order chi connectivity index (χ1) is 12.5. The van der Waals surface area contributed by atoms with Crippen LogP contribution < -0.4 is 5.32 Å². The number of carbonyl (C=O) groups is 1. The van der Waals surface area contributed by atoms with E-state index < -0.39 is 0 Å². The molecule has 0 spiro atoms. The van der Waals surface area contributed by atoms with Crippen LogP contribution >= 0.6 is 0 Å². The van der Waals surface area contributed by atoms with Gasteiger partial charge in [0.2, 0.25) is 5.91 Å². The molecule has 1 aliphatic rings. The van der Waals surface area contributed by atoms with Gasteiger partial charge in [0.15, 0.2) is 0 Å². The second-order valence-corrected chi connectivity index (χ2v) is 7.52. The number of halogens is 1. The van der Waals surface area contributed by atoms with Crippen molar-refractivity contribution in [2.24, 2.45) is 0 Å². The molecule has 0 unspecified atom stereocenters. The maximum Gasteiger partial charge on any atom is 0.221 e. The first kappa shape index (κ1) is 18.6. The molecule has 0 aliphatic heterocycles. The van der Waals surface area contributed by atoms with Gasteiger partial charge in [0.1, 0.15) is 5.82 Å². The van der Waals surface area contributed by atoms with Crippen LogP contribution in [0.1, 0.15) is 55.5 Å². The molecule has 3 rings (SSSR count). The summed E-state index contributed by atoms with van der Waals surface area (Å²) in [6.45, 7) is 5.17. The van der Waals surface area contributed by atoms with Crippen LogP contribution in [0, 0.1) is 19.7 Å². The van der Waals surface area contributed by atoms with E-state index >= 15 is 0 Å². The molecule has 2 aromatic rings. The molecule has 1 aromatic heterocycles. The van der Waals surface area contributed by atoms with Gasteiger partial charge in [0.05, 0.1) is 5.69 Å². The van der Waals surface area contributed by atoms with E-state index in [9.17, 15) is 9.18 Å². The quantitative estimate of drug-likeness (QED) is 0.848. The lowest BCUT2D eigenvalue weighted by Gasteiger charge is -2.38. The van der Waals surface area contributed by atoms with E-state index in [2.05, 4.69) is 10.4 Å². The van der Waals surface area contributed by atoms with Crippen LogP contribution in [0.3, 0.4) is 0 Å². The van der Waals surface area contributed by atoms with Gasteiger partial charge in [-0.15, -0.1) is 0 Å². The van der Waals surface area contributed by atoms with Crippen molar-refractivity contribution in [1.82, 2.24) is 15.1 Å². The molecule has 1 amide bonds. The summed E-state index contributed by atoms with van der Waals surface area (Å²) in [5.74, 6) is -0.168. The fourth-order valence-electron chi connectivity index (χ4n) is 4.06. The molecule has 1 heterocycles. The highest BCUT2D eigenvalue weighted by atomic mass is 19.1. The van der Waals surface area contributed by atoms with E-state index in [1.165, 1.54) is 18.6 Å². The zero-order valence-corrected chi connectivity index (χ0v) is 15.7. The highest BCUT2D eigenvalue weighted by Gasteiger charge is 2.34. The average Bonchev–Trinajstić information content (AvgIpc) is 2.97. The van der Waals surface area contributed by atoms with Gasteiger partial charge in [0.25, 0.3) is 0 Å². The third-order valence-electron chi connectivity index (χ3n) is 5.55. The number of rotatable bonds is 6. The Morgan fingerprint density at radius 2 is 1.88 bits per heavy atom. The third kappa shape index (κ3) is 4.32. The van der Waals surface area contributed by atoms with Crippen molar-refractivity contribution in [3.8, 4) is 0 Å². The second kappa shape index (κ2) is 8.02. The average molecular weight is 357 g/mol. The number of aromatic nitrogens is 2. The molecule has 1 saturated carbocycles. The van der Waals surface area contributed by atoms with E-state index in [-0.39, 0.29) is 17.1 Å². The van der Waals surface area contributed by atoms with E-state index in [1.54, 1.807) is 0 Å². The first-order valence-electron chi connectivity index (χ1n) is 9.52. The second-order valence-electron chi connectivity index (χ2n) is 7.52. The zero-order valence-electron chi connectivity index (χ0n) is 15.7. The lowest BCUT2D eigenvalue weighted by molar-refractivity contribution is -0.121. The van der Waals surface area contributed by atoms with Crippen LogP contribution in [0.5, 0.6) is 0 Å². The SMILES string of the molecule is Cc1cc(C)n(CCC(=O)NCC2(c3ccc(F)cc3)CCCCC2)n1. The molecule has 0 atom stereocenters. The van der Waals surface area contributed by atoms with Crippen molar-refractivity contribution in [1.29, 1.82) is 0 Å². The Morgan fingerprint density at radius 1 is 1.19 bits per heavy atom. The maximum atomic E-state index is 13.3. The number of aryl methyl sites for hydroxylation is 3. The molecule has 0 saturated heterocycles. The molecule has 1 fully saturated rings. The standard InChI is InChI=1S/C21H28FN3O/c1-16-14-17(2)25(24-16)13-10-20(26)23-15-21(11-4-3-5-12-21)18-6-8-19(22)9-7-18/h6-9,14H,3-5,10-13,15H2,1-2H3,(H,23,26). The van der Waals surface area contributed by atoms with Crippen LogP contribution in [0.4, 0.5) is 4.39 Å². The summed E-state index contributed by atoms with van der Waals surface area (Å²) in [6, 6.07) is 8.82.